The van der Waals surface area contributed by atoms with Crippen molar-refractivity contribution < 1.29 is 4.79 Å². The highest BCUT2D eigenvalue weighted by Gasteiger charge is 2.28. The molecule has 0 saturated heterocycles. The van der Waals surface area contributed by atoms with Crippen LogP contribution in [0.5, 0.6) is 0 Å². The van der Waals surface area contributed by atoms with Gasteiger partial charge in [-0.2, -0.15) is 0 Å². The number of nitrogens with one attached hydrogen (secondary N) is 1. The van der Waals surface area contributed by atoms with Gasteiger partial charge in [0.05, 0.1) is 17.1 Å². The van der Waals surface area contributed by atoms with E-state index in [1.807, 2.05) is 50.2 Å². The third-order valence-corrected chi connectivity index (χ3v) is 3.60. The van der Waals surface area contributed by atoms with Crippen LogP contribution in [0.2, 0.25) is 0 Å². The standard InChI is InChI=1S/C17H17N3O/c1-10-8-11(2)14-13(9-10)19-16(17(18)21)15(20-14)12-6-4-3-5-7-12/h3-9,16,19H,1-2H3,(H2,18,21). The van der Waals surface area contributed by atoms with E-state index in [2.05, 4.69) is 11.4 Å². The summed E-state index contributed by atoms with van der Waals surface area (Å²) in [6.07, 6.45) is 0. The average molecular weight is 279 g/mol. The normalized spacial score (nSPS) is 16.7. The van der Waals surface area contributed by atoms with Crippen molar-refractivity contribution >= 4 is 23.0 Å². The number of carbonyl (C=O) groups is 1. The SMILES string of the molecule is Cc1cc(C)c2c(c1)NC(C(N)=O)C(c1ccccc1)=N2. The molecule has 2 aromatic carbocycles. The fourth-order valence-corrected chi connectivity index (χ4v) is 2.67. The van der Waals surface area contributed by atoms with E-state index >= 15 is 0 Å². The summed E-state index contributed by atoms with van der Waals surface area (Å²) >= 11 is 0. The van der Waals surface area contributed by atoms with Crippen LogP contribution in [-0.2, 0) is 4.79 Å². The number of aliphatic imine (C=N–C) groups is 1. The Morgan fingerprint density at radius 1 is 1.19 bits per heavy atom. The summed E-state index contributed by atoms with van der Waals surface area (Å²) in [6, 6.07) is 13.1. The third-order valence-electron chi connectivity index (χ3n) is 3.60. The lowest BCUT2D eigenvalue weighted by atomic mass is 9.98. The number of rotatable bonds is 2. The van der Waals surface area contributed by atoms with Crippen LogP contribution in [-0.4, -0.2) is 17.7 Å². The van der Waals surface area contributed by atoms with Crippen molar-refractivity contribution in [1.29, 1.82) is 0 Å². The Kier molecular flexibility index (Phi) is 3.22. The van der Waals surface area contributed by atoms with Crippen LogP contribution in [0, 0.1) is 13.8 Å². The topological polar surface area (TPSA) is 67.5 Å². The molecule has 4 nitrogen and oxygen atoms in total. The molecule has 1 amide bonds. The van der Waals surface area contributed by atoms with Crippen molar-refractivity contribution in [2.24, 2.45) is 10.7 Å². The van der Waals surface area contributed by atoms with Crippen LogP contribution in [0.15, 0.2) is 47.5 Å². The molecule has 0 saturated carbocycles. The first kappa shape index (κ1) is 13.4. The lowest BCUT2D eigenvalue weighted by Gasteiger charge is -2.26. The van der Waals surface area contributed by atoms with Gasteiger partial charge in [-0.25, -0.2) is 4.99 Å². The first-order valence-electron chi connectivity index (χ1n) is 6.87. The molecule has 3 N–H and O–H groups in total. The second-order valence-electron chi connectivity index (χ2n) is 5.32. The summed E-state index contributed by atoms with van der Waals surface area (Å²) in [5, 5.41) is 3.22. The zero-order chi connectivity index (χ0) is 15.0. The molecule has 4 heteroatoms. The van der Waals surface area contributed by atoms with Gasteiger partial charge in [0.1, 0.15) is 6.04 Å². The Morgan fingerprint density at radius 2 is 1.90 bits per heavy atom. The van der Waals surface area contributed by atoms with E-state index in [1.165, 1.54) is 0 Å². The molecule has 1 unspecified atom stereocenters. The Morgan fingerprint density at radius 3 is 2.57 bits per heavy atom. The molecule has 0 aromatic heterocycles. The monoisotopic (exact) mass is 279 g/mol. The fourth-order valence-electron chi connectivity index (χ4n) is 2.67. The first-order chi connectivity index (χ1) is 10.1. The Balaban J connectivity index is 2.19. The summed E-state index contributed by atoms with van der Waals surface area (Å²) in [7, 11) is 0. The van der Waals surface area contributed by atoms with E-state index in [4.69, 9.17) is 10.7 Å². The molecule has 106 valence electrons. The van der Waals surface area contributed by atoms with Gasteiger partial charge < -0.3 is 11.1 Å². The number of amides is 1. The van der Waals surface area contributed by atoms with Crippen LogP contribution in [0.4, 0.5) is 11.4 Å². The van der Waals surface area contributed by atoms with Crippen molar-refractivity contribution in [2.45, 2.75) is 19.9 Å². The molecule has 0 radical (unpaired) electrons. The van der Waals surface area contributed by atoms with Gasteiger partial charge in [0.15, 0.2) is 0 Å². The van der Waals surface area contributed by atoms with Gasteiger partial charge in [-0.15, -0.1) is 0 Å². The zero-order valence-corrected chi connectivity index (χ0v) is 12.1. The maximum atomic E-state index is 11.8. The predicted octanol–water partition coefficient (Wildman–Crippen LogP) is 2.70. The molecule has 1 heterocycles. The maximum Gasteiger partial charge on any atom is 0.246 e. The van der Waals surface area contributed by atoms with Gasteiger partial charge in [-0.1, -0.05) is 36.4 Å². The number of primary amides is 1. The second kappa shape index (κ2) is 5.05. The highest BCUT2D eigenvalue weighted by Crippen LogP contribution is 2.35. The molecule has 0 spiro atoms. The minimum atomic E-state index is -0.610. The van der Waals surface area contributed by atoms with Crippen LogP contribution in [0.25, 0.3) is 0 Å². The highest BCUT2D eigenvalue weighted by atomic mass is 16.1. The molecule has 0 fully saturated rings. The van der Waals surface area contributed by atoms with Crippen LogP contribution in [0.1, 0.15) is 16.7 Å². The van der Waals surface area contributed by atoms with Gasteiger partial charge in [0, 0.05) is 0 Å². The molecular weight excluding hydrogens is 262 g/mol. The van der Waals surface area contributed by atoms with Crippen molar-refractivity contribution in [3.05, 3.63) is 59.2 Å². The predicted molar refractivity (Wildman–Crippen MR) is 85.2 cm³/mol. The molecule has 2 aromatic rings. The number of nitrogens with two attached hydrogens (primary N) is 1. The van der Waals surface area contributed by atoms with Gasteiger partial charge >= 0.3 is 0 Å². The van der Waals surface area contributed by atoms with Crippen molar-refractivity contribution in [2.75, 3.05) is 5.32 Å². The molecule has 1 aliphatic rings. The van der Waals surface area contributed by atoms with E-state index in [0.29, 0.717) is 5.71 Å². The summed E-state index contributed by atoms with van der Waals surface area (Å²) in [5.41, 5.74) is 11.0. The van der Waals surface area contributed by atoms with Gasteiger partial charge in [-0.05, 0) is 36.6 Å². The lowest BCUT2D eigenvalue weighted by molar-refractivity contribution is -0.117. The van der Waals surface area contributed by atoms with E-state index in [1.54, 1.807) is 0 Å². The average Bonchev–Trinajstić information content (AvgIpc) is 2.46. The van der Waals surface area contributed by atoms with Gasteiger partial charge in [0.25, 0.3) is 0 Å². The quantitative estimate of drug-likeness (QED) is 0.887. The minimum absolute atomic E-state index is 0.428. The van der Waals surface area contributed by atoms with Crippen molar-refractivity contribution in [3.63, 3.8) is 0 Å². The number of anilines is 1. The number of aryl methyl sites for hydroxylation is 2. The minimum Gasteiger partial charge on any atom is -0.368 e. The number of hydrogen-bond donors (Lipinski definition) is 2. The smallest absolute Gasteiger partial charge is 0.246 e. The van der Waals surface area contributed by atoms with E-state index in [9.17, 15) is 4.79 Å². The molecule has 1 aliphatic heterocycles. The van der Waals surface area contributed by atoms with Gasteiger partial charge in [-0.3, -0.25) is 4.79 Å². The van der Waals surface area contributed by atoms with E-state index < -0.39 is 11.9 Å². The fraction of sp³-hybridized carbons (Fsp3) is 0.176. The first-order valence-corrected chi connectivity index (χ1v) is 6.87. The summed E-state index contributed by atoms with van der Waals surface area (Å²) in [5.74, 6) is -0.428. The number of hydrogen-bond acceptors (Lipinski definition) is 3. The Labute approximate surface area is 123 Å². The third kappa shape index (κ3) is 2.40. The Bertz CT molecular complexity index is 735. The maximum absolute atomic E-state index is 11.8. The largest absolute Gasteiger partial charge is 0.368 e. The summed E-state index contributed by atoms with van der Waals surface area (Å²) in [6.45, 7) is 4.04. The van der Waals surface area contributed by atoms with Gasteiger partial charge in [0.2, 0.25) is 5.91 Å². The second-order valence-corrected chi connectivity index (χ2v) is 5.32. The van der Waals surface area contributed by atoms with E-state index in [-0.39, 0.29) is 0 Å². The number of benzene rings is 2. The molecular formula is C17H17N3O. The van der Waals surface area contributed by atoms with Crippen LogP contribution in [0.3, 0.4) is 0 Å². The van der Waals surface area contributed by atoms with Crippen LogP contribution >= 0.6 is 0 Å². The molecule has 3 rings (SSSR count). The lowest BCUT2D eigenvalue weighted by Crippen LogP contribution is -2.44. The molecule has 0 bridgehead atoms. The highest BCUT2D eigenvalue weighted by molar-refractivity contribution is 6.20. The van der Waals surface area contributed by atoms with Crippen LogP contribution < -0.4 is 11.1 Å². The molecule has 0 aliphatic carbocycles. The van der Waals surface area contributed by atoms with Crippen molar-refractivity contribution in [3.8, 4) is 0 Å². The number of nitrogens with zero attached hydrogens (tertiary/aromatic N) is 1. The molecule has 1 atom stereocenters. The summed E-state index contributed by atoms with van der Waals surface area (Å²) < 4.78 is 0. The number of fused-ring (bicyclic) bond motifs is 1. The van der Waals surface area contributed by atoms with E-state index in [0.717, 1.165) is 28.1 Å². The zero-order valence-electron chi connectivity index (χ0n) is 12.1. The number of carbonyl (C=O) groups excluding carboxylic acids is 1. The summed E-state index contributed by atoms with van der Waals surface area (Å²) in [4.78, 5) is 16.5. The molecule has 21 heavy (non-hydrogen) atoms. The van der Waals surface area contributed by atoms with Crippen molar-refractivity contribution in [1.82, 2.24) is 0 Å². The Hall–Kier alpha value is -2.62.